The van der Waals surface area contributed by atoms with E-state index in [0.717, 1.165) is 10.6 Å². The zero-order valence-corrected chi connectivity index (χ0v) is 14.8. The Bertz CT molecular complexity index is 833. The van der Waals surface area contributed by atoms with Crippen LogP contribution in [0.4, 0.5) is 0 Å². The highest BCUT2D eigenvalue weighted by Crippen LogP contribution is 2.36. The van der Waals surface area contributed by atoms with Crippen LogP contribution < -0.4 is 14.8 Å². The van der Waals surface area contributed by atoms with E-state index in [1.165, 1.54) is 11.3 Å². The molecule has 1 unspecified atom stereocenters. The van der Waals surface area contributed by atoms with E-state index >= 15 is 0 Å². The lowest BCUT2D eigenvalue weighted by Crippen LogP contribution is -2.41. The van der Waals surface area contributed by atoms with Crippen LogP contribution in [0.3, 0.4) is 0 Å². The van der Waals surface area contributed by atoms with Gasteiger partial charge in [0.1, 0.15) is 11.0 Å². The zero-order chi connectivity index (χ0) is 18.5. The first-order chi connectivity index (χ1) is 12.6. The molecular formula is C18H18N2O5S. The van der Waals surface area contributed by atoms with Gasteiger partial charge in [-0.15, -0.1) is 17.9 Å². The molecule has 1 aliphatic heterocycles. The number of carboxylic acids is 1. The molecule has 1 aliphatic rings. The lowest BCUT2D eigenvalue weighted by molar-refractivity contribution is -0.141. The number of allylic oxidation sites excluding steroid dienone is 1. The van der Waals surface area contributed by atoms with Crippen molar-refractivity contribution in [3.8, 4) is 22.1 Å². The van der Waals surface area contributed by atoms with Gasteiger partial charge in [-0.1, -0.05) is 6.08 Å². The molecule has 1 atom stereocenters. The number of fused-ring (bicyclic) bond motifs is 1. The number of nitrogens with zero attached hydrogens (tertiary/aromatic N) is 1. The van der Waals surface area contributed by atoms with Crippen molar-refractivity contribution in [2.24, 2.45) is 0 Å². The van der Waals surface area contributed by atoms with E-state index in [1.54, 1.807) is 11.5 Å². The molecule has 0 fully saturated rings. The monoisotopic (exact) mass is 374 g/mol. The fourth-order valence-electron chi connectivity index (χ4n) is 2.50. The Morgan fingerprint density at radius 2 is 2.19 bits per heavy atom. The summed E-state index contributed by atoms with van der Waals surface area (Å²) in [5.74, 6) is -0.0591. The maximum absolute atomic E-state index is 12.1. The largest absolute Gasteiger partial charge is 0.480 e. The van der Waals surface area contributed by atoms with Crippen molar-refractivity contribution in [1.82, 2.24) is 10.3 Å². The number of thiazole rings is 1. The number of aliphatic carboxylic acids is 1. The Morgan fingerprint density at radius 3 is 2.96 bits per heavy atom. The number of benzene rings is 1. The third kappa shape index (κ3) is 4.20. The van der Waals surface area contributed by atoms with Gasteiger partial charge in [0.15, 0.2) is 11.5 Å². The summed E-state index contributed by atoms with van der Waals surface area (Å²) >= 11 is 1.41. The van der Waals surface area contributed by atoms with Gasteiger partial charge in [-0.2, -0.15) is 0 Å². The van der Waals surface area contributed by atoms with Crippen molar-refractivity contribution in [2.45, 2.75) is 25.3 Å². The number of hydrogen-bond donors (Lipinski definition) is 2. The van der Waals surface area contributed by atoms with E-state index in [2.05, 4.69) is 16.9 Å². The second-order valence-electron chi connectivity index (χ2n) is 5.71. The maximum atomic E-state index is 12.1. The van der Waals surface area contributed by atoms with Crippen LogP contribution >= 0.6 is 11.3 Å². The summed E-state index contributed by atoms with van der Waals surface area (Å²) in [4.78, 5) is 27.8. The predicted octanol–water partition coefficient (Wildman–Crippen LogP) is 2.62. The van der Waals surface area contributed by atoms with Gasteiger partial charge < -0.3 is 19.9 Å². The van der Waals surface area contributed by atoms with Crippen LogP contribution in [-0.4, -0.2) is 34.8 Å². The highest BCUT2D eigenvalue weighted by Gasteiger charge is 2.20. The molecule has 1 aromatic heterocycles. The molecule has 0 bridgehead atoms. The quantitative estimate of drug-likeness (QED) is 0.690. The number of carbonyl (C=O) groups excluding carboxylic acids is 1. The summed E-state index contributed by atoms with van der Waals surface area (Å²) in [6.07, 6.45) is 2.48. The molecule has 1 aromatic carbocycles. The van der Waals surface area contributed by atoms with Gasteiger partial charge in [0.2, 0.25) is 12.7 Å². The lowest BCUT2D eigenvalue weighted by atomic mass is 10.1. The number of amides is 1. The van der Waals surface area contributed by atoms with Crippen LogP contribution in [0.1, 0.15) is 18.5 Å². The summed E-state index contributed by atoms with van der Waals surface area (Å²) in [6.45, 7) is 3.77. The number of rotatable bonds is 8. The van der Waals surface area contributed by atoms with Gasteiger partial charge in [-0.3, -0.25) is 4.79 Å². The van der Waals surface area contributed by atoms with Gasteiger partial charge >= 0.3 is 5.97 Å². The minimum Gasteiger partial charge on any atom is -0.480 e. The van der Waals surface area contributed by atoms with E-state index in [4.69, 9.17) is 14.6 Å². The zero-order valence-electron chi connectivity index (χ0n) is 13.9. The topological polar surface area (TPSA) is 97.8 Å². The van der Waals surface area contributed by atoms with Gasteiger partial charge in [0.05, 0.1) is 12.1 Å². The van der Waals surface area contributed by atoms with Crippen LogP contribution in [0, 0.1) is 0 Å². The van der Waals surface area contributed by atoms with Crippen molar-refractivity contribution in [1.29, 1.82) is 0 Å². The third-order valence-electron chi connectivity index (χ3n) is 3.81. The Labute approximate surface area is 154 Å². The maximum Gasteiger partial charge on any atom is 0.326 e. The van der Waals surface area contributed by atoms with Crippen LogP contribution in [0.5, 0.6) is 11.5 Å². The van der Waals surface area contributed by atoms with E-state index < -0.39 is 12.0 Å². The molecule has 0 saturated carbocycles. The molecule has 136 valence electrons. The van der Waals surface area contributed by atoms with Crippen LogP contribution in [-0.2, 0) is 16.0 Å². The highest BCUT2D eigenvalue weighted by molar-refractivity contribution is 7.13. The van der Waals surface area contributed by atoms with Crippen LogP contribution in [0.25, 0.3) is 10.6 Å². The Hall–Kier alpha value is -2.87. The molecule has 0 aliphatic carbocycles. The average Bonchev–Trinajstić information content (AvgIpc) is 3.26. The third-order valence-corrected chi connectivity index (χ3v) is 4.75. The van der Waals surface area contributed by atoms with Crippen molar-refractivity contribution in [2.75, 3.05) is 6.79 Å². The number of nitrogens with one attached hydrogen (secondary N) is 1. The molecule has 3 rings (SSSR count). The van der Waals surface area contributed by atoms with Crippen molar-refractivity contribution in [3.63, 3.8) is 0 Å². The summed E-state index contributed by atoms with van der Waals surface area (Å²) in [7, 11) is 0. The minimum absolute atomic E-state index is 0.0267. The molecule has 1 amide bonds. The smallest absolute Gasteiger partial charge is 0.326 e. The molecule has 0 spiro atoms. The molecule has 26 heavy (non-hydrogen) atoms. The van der Waals surface area contributed by atoms with Gasteiger partial charge in [0.25, 0.3) is 0 Å². The molecular weight excluding hydrogens is 356 g/mol. The van der Waals surface area contributed by atoms with Crippen molar-refractivity contribution in [3.05, 3.63) is 41.9 Å². The number of carboxylic acid groups (broad SMARTS) is 1. The van der Waals surface area contributed by atoms with Crippen LogP contribution in [0.15, 0.2) is 36.2 Å². The first-order valence-corrected chi connectivity index (χ1v) is 8.92. The summed E-state index contributed by atoms with van der Waals surface area (Å²) in [6, 6.07) is 4.63. The minimum atomic E-state index is -1.06. The number of ether oxygens (including phenoxy) is 2. The lowest BCUT2D eigenvalue weighted by Gasteiger charge is -2.12. The van der Waals surface area contributed by atoms with Gasteiger partial charge in [-0.05, 0) is 31.0 Å². The fourth-order valence-corrected chi connectivity index (χ4v) is 3.32. The summed E-state index contributed by atoms with van der Waals surface area (Å²) in [5.41, 5.74) is 1.47. The number of hydrogen-bond acceptors (Lipinski definition) is 6. The molecule has 2 N–H and O–H groups in total. The molecule has 8 heteroatoms. The fraction of sp³-hybridized carbons (Fsp3) is 0.278. The van der Waals surface area contributed by atoms with E-state index in [9.17, 15) is 9.59 Å². The molecule has 2 heterocycles. The standard InChI is InChI=1S/C18H18N2O5S/c1-2-3-4-13(18(22)23)20-16(21)8-12-9-26-17(19-12)11-5-6-14-15(7-11)25-10-24-14/h2,5-7,9,13H,1,3-4,8,10H2,(H,20,21)(H,22,23). The SMILES string of the molecule is C=CCCC(NC(=O)Cc1csc(-c2ccc3c(c2)OCO3)n1)C(=O)O. The van der Waals surface area contributed by atoms with E-state index in [1.807, 2.05) is 18.2 Å². The molecule has 0 radical (unpaired) electrons. The number of aromatic nitrogens is 1. The Balaban J connectivity index is 1.63. The van der Waals surface area contributed by atoms with Crippen molar-refractivity contribution < 1.29 is 24.2 Å². The average molecular weight is 374 g/mol. The molecule has 2 aromatic rings. The second-order valence-corrected chi connectivity index (χ2v) is 6.57. The molecule has 7 nitrogen and oxygen atoms in total. The highest BCUT2D eigenvalue weighted by atomic mass is 32.1. The van der Waals surface area contributed by atoms with Gasteiger partial charge in [0, 0.05) is 10.9 Å². The normalized spacial score (nSPS) is 13.2. The predicted molar refractivity (Wildman–Crippen MR) is 96.4 cm³/mol. The second kappa shape index (κ2) is 8.01. The summed E-state index contributed by atoms with van der Waals surface area (Å²) in [5, 5.41) is 14.2. The first-order valence-electron chi connectivity index (χ1n) is 8.04. The van der Waals surface area contributed by atoms with Crippen molar-refractivity contribution >= 4 is 23.2 Å². The van der Waals surface area contributed by atoms with Crippen LogP contribution in [0.2, 0.25) is 0 Å². The van der Waals surface area contributed by atoms with E-state index in [-0.39, 0.29) is 19.1 Å². The molecule has 0 saturated heterocycles. The Kier molecular flexibility index (Phi) is 5.52. The van der Waals surface area contributed by atoms with E-state index in [0.29, 0.717) is 30.0 Å². The Morgan fingerprint density at radius 1 is 1.38 bits per heavy atom. The summed E-state index contributed by atoms with van der Waals surface area (Å²) < 4.78 is 10.6. The number of carbonyl (C=O) groups is 2. The first kappa shape index (κ1) is 17.9. The van der Waals surface area contributed by atoms with Gasteiger partial charge in [-0.25, -0.2) is 9.78 Å².